The molecule has 0 aliphatic rings. The van der Waals surface area contributed by atoms with E-state index in [2.05, 4.69) is 19.7 Å². The van der Waals surface area contributed by atoms with Crippen LogP contribution in [-0.4, -0.2) is 23.4 Å². The van der Waals surface area contributed by atoms with Gasteiger partial charge in [-0.1, -0.05) is 11.6 Å². The highest BCUT2D eigenvalue weighted by molar-refractivity contribution is 7.92. The van der Waals surface area contributed by atoms with Crippen LogP contribution in [0.25, 0.3) is 11.1 Å². The van der Waals surface area contributed by atoms with Crippen molar-refractivity contribution in [2.45, 2.75) is 11.1 Å². The van der Waals surface area contributed by atoms with Gasteiger partial charge in [0.1, 0.15) is 28.5 Å². The van der Waals surface area contributed by atoms with E-state index in [-0.39, 0.29) is 22.2 Å². The van der Waals surface area contributed by atoms with E-state index >= 15 is 0 Å². The molecule has 4 aromatic rings. The van der Waals surface area contributed by atoms with Crippen molar-refractivity contribution in [1.82, 2.24) is 15.0 Å². The smallest absolute Gasteiger partial charge is 0.416 e. The Balaban J connectivity index is 1.74. The Hall–Kier alpha value is -3.29. The lowest BCUT2D eigenvalue weighted by atomic mass is 10.0. The SMILES string of the molecule is O=S(=O)(Nc1cscn1)c1cc(Cl)c(Oc2cc(C(F)(F)F)ccc2-c2cncnc2)cc1F. The Morgan fingerprint density at radius 2 is 1.79 bits per heavy atom. The molecule has 0 amide bonds. The summed E-state index contributed by atoms with van der Waals surface area (Å²) in [5.41, 5.74) is 0.857. The molecule has 0 aliphatic carbocycles. The second kappa shape index (κ2) is 9.16. The molecular formula is C20H11ClF4N4O3S2. The van der Waals surface area contributed by atoms with Crippen LogP contribution in [-0.2, 0) is 16.2 Å². The summed E-state index contributed by atoms with van der Waals surface area (Å²) in [6.45, 7) is 0. The van der Waals surface area contributed by atoms with E-state index in [1.165, 1.54) is 29.6 Å². The number of thiazole rings is 1. The summed E-state index contributed by atoms with van der Waals surface area (Å²) >= 11 is 7.24. The van der Waals surface area contributed by atoms with E-state index in [0.717, 1.165) is 29.5 Å². The average Bonchev–Trinajstić information content (AvgIpc) is 3.28. The first-order valence-electron chi connectivity index (χ1n) is 9.09. The van der Waals surface area contributed by atoms with Gasteiger partial charge in [-0.3, -0.25) is 4.72 Å². The van der Waals surface area contributed by atoms with Gasteiger partial charge in [-0.05, 0) is 24.3 Å². The largest absolute Gasteiger partial charge is 0.455 e. The van der Waals surface area contributed by atoms with Gasteiger partial charge in [0.05, 0.1) is 16.1 Å². The summed E-state index contributed by atoms with van der Waals surface area (Å²) in [6.07, 6.45) is -0.744. The number of benzene rings is 2. The molecule has 0 atom stereocenters. The van der Waals surface area contributed by atoms with E-state index < -0.39 is 38.2 Å². The van der Waals surface area contributed by atoms with Crippen LogP contribution in [0.1, 0.15) is 5.56 Å². The van der Waals surface area contributed by atoms with Crippen molar-refractivity contribution in [3.8, 4) is 22.6 Å². The first kappa shape index (κ1) is 23.9. The van der Waals surface area contributed by atoms with Crippen molar-refractivity contribution in [2.75, 3.05) is 4.72 Å². The van der Waals surface area contributed by atoms with Crippen molar-refractivity contribution in [2.24, 2.45) is 0 Å². The number of anilines is 1. The number of hydrogen-bond donors (Lipinski definition) is 1. The third kappa shape index (κ3) is 5.11. The van der Waals surface area contributed by atoms with Crippen LogP contribution in [0.15, 0.2) is 64.8 Å². The van der Waals surface area contributed by atoms with E-state index in [0.29, 0.717) is 17.7 Å². The molecule has 14 heteroatoms. The van der Waals surface area contributed by atoms with E-state index in [1.807, 2.05) is 0 Å². The van der Waals surface area contributed by atoms with E-state index in [9.17, 15) is 26.0 Å². The van der Waals surface area contributed by atoms with E-state index in [4.69, 9.17) is 16.3 Å². The lowest BCUT2D eigenvalue weighted by Gasteiger charge is -2.16. The number of nitrogens with one attached hydrogen (secondary N) is 1. The van der Waals surface area contributed by atoms with Gasteiger partial charge in [0, 0.05) is 35.0 Å². The van der Waals surface area contributed by atoms with Crippen molar-refractivity contribution < 1.29 is 30.7 Å². The maximum Gasteiger partial charge on any atom is 0.416 e. The van der Waals surface area contributed by atoms with Crippen LogP contribution >= 0.6 is 22.9 Å². The molecule has 2 aromatic heterocycles. The molecule has 1 N–H and O–H groups in total. The highest BCUT2D eigenvalue weighted by atomic mass is 35.5. The van der Waals surface area contributed by atoms with E-state index in [1.54, 1.807) is 0 Å². The zero-order chi connectivity index (χ0) is 24.5. The van der Waals surface area contributed by atoms with Gasteiger partial charge in [-0.2, -0.15) is 13.2 Å². The molecular weight excluding hydrogens is 520 g/mol. The number of aromatic nitrogens is 3. The molecule has 0 unspecified atom stereocenters. The number of hydrogen-bond acceptors (Lipinski definition) is 7. The maximum absolute atomic E-state index is 14.8. The van der Waals surface area contributed by atoms with Gasteiger partial charge in [-0.15, -0.1) is 11.3 Å². The standard InChI is InChI=1S/C20H11ClF4N4O3S2/c21-14-4-18(34(30,31)29-19-8-33-10-28-19)15(22)5-17(14)32-16-3-12(20(23,24)25)1-2-13(16)11-6-26-9-27-7-11/h1-10,29H. The first-order valence-corrected chi connectivity index (χ1v) is 11.9. The fourth-order valence-electron chi connectivity index (χ4n) is 2.83. The number of halogens is 5. The van der Waals surface area contributed by atoms with Gasteiger partial charge in [-0.25, -0.2) is 27.8 Å². The highest BCUT2D eigenvalue weighted by Crippen LogP contribution is 2.41. The number of nitrogens with zero attached hydrogens (tertiary/aromatic N) is 3. The number of ether oxygens (including phenoxy) is 1. The Kier molecular flexibility index (Phi) is 6.43. The minimum atomic E-state index is -4.68. The normalized spacial score (nSPS) is 11.9. The second-order valence-corrected chi connectivity index (χ2v) is 9.41. The van der Waals surface area contributed by atoms with Gasteiger partial charge >= 0.3 is 6.18 Å². The van der Waals surface area contributed by atoms with Crippen LogP contribution in [0.5, 0.6) is 11.5 Å². The molecule has 2 heterocycles. The molecule has 176 valence electrons. The van der Waals surface area contributed by atoms with Crippen LogP contribution in [0, 0.1) is 5.82 Å². The van der Waals surface area contributed by atoms with Crippen molar-refractivity contribution in [1.29, 1.82) is 0 Å². The van der Waals surface area contributed by atoms with Gasteiger partial charge < -0.3 is 4.74 Å². The highest BCUT2D eigenvalue weighted by Gasteiger charge is 2.32. The summed E-state index contributed by atoms with van der Waals surface area (Å²) in [7, 11) is -4.39. The average molecular weight is 531 g/mol. The summed E-state index contributed by atoms with van der Waals surface area (Å²) < 4.78 is 87.3. The summed E-state index contributed by atoms with van der Waals surface area (Å²) in [6, 6.07) is 4.17. The Labute approximate surface area is 199 Å². The number of rotatable bonds is 6. The minimum Gasteiger partial charge on any atom is -0.455 e. The fourth-order valence-corrected chi connectivity index (χ4v) is 4.74. The van der Waals surface area contributed by atoms with Crippen molar-refractivity contribution in [3.05, 3.63) is 76.3 Å². The van der Waals surface area contributed by atoms with Crippen molar-refractivity contribution >= 4 is 38.8 Å². The molecule has 34 heavy (non-hydrogen) atoms. The van der Waals surface area contributed by atoms with Crippen LogP contribution in [0.4, 0.5) is 23.4 Å². The molecule has 0 saturated carbocycles. The Morgan fingerprint density at radius 3 is 2.44 bits per heavy atom. The van der Waals surface area contributed by atoms with Gasteiger partial charge in [0.15, 0.2) is 5.82 Å². The molecule has 0 spiro atoms. The quantitative estimate of drug-likeness (QED) is 0.307. The molecule has 0 saturated heterocycles. The lowest BCUT2D eigenvalue weighted by Crippen LogP contribution is -2.15. The molecule has 0 bridgehead atoms. The lowest BCUT2D eigenvalue weighted by molar-refractivity contribution is -0.137. The predicted molar refractivity (Wildman–Crippen MR) is 117 cm³/mol. The minimum absolute atomic E-state index is 0.0143. The van der Waals surface area contributed by atoms with Gasteiger partial charge in [0.2, 0.25) is 0 Å². The van der Waals surface area contributed by atoms with Crippen LogP contribution in [0.3, 0.4) is 0 Å². The van der Waals surface area contributed by atoms with Crippen molar-refractivity contribution in [3.63, 3.8) is 0 Å². The predicted octanol–water partition coefficient (Wildman–Crippen LogP) is 6.00. The number of sulfonamides is 1. The Bertz CT molecular complexity index is 1430. The Morgan fingerprint density at radius 1 is 1.06 bits per heavy atom. The summed E-state index contributed by atoms with van der Waals surface area (Å²) in [5, 5.41) is 1.05. The third-order valence-electron chi connectivity index (χ3n) is 4.35. The zero-order valence-corrected chi connectivity index (χ0v) is 18.9. The monoisotopic (exact) mass is 530 g/mol. The topological polar surface area (TPSA) is 94.1 Å². The van der Waals surface area contributed by atoms with Gasteiger partial charge in [0.25, 0.3) is 10.0 Å². The summed E-state index contributed by atoms with van der Waals surface area (Å²) in [5.74, 6) is -1.97. The molecule has 4 rings (SSSR count). The zero-order valence-electron chi connectivity index (χ0n) is 16.5. The summed E-state index contributed by atoms with van der Waals surface area (Å²) in [4.78, 5) is 10.6. The molecule has 7 nitrogen and oxygen atoms in total. The fraction of sp³-hybridized carbons (Fsp3) is 0.0500. The number of alkyl halides is 3. The van der Waals surface area contributed by atoms with Crippen LogP contribution in [0.2, 0.25) is 5.02 Å². The molecule has 2 aromatic carbocycles. The maximum atomic E-state index is 14.8. The second-order valence-electron chi connectivity index (χ2n) is 6.63. The molecule has 0 aliphatic heterocycles. The first-order chi connectivity index (χ1) is 16.0. The van der Waals surface area contributed by atoms with Crippen LogP contribution < -0.4 is 9.46 Å². The molecule has 0 radical (unpaired) electrons. The molecule has 0 fully saturated rings. The third-order valence-corrected chi connectivity index (χ3v) is 6.60.